The average Bonchev–Trinajstić information content (AvgIpc) is 1.22. The Morgan fingerprint density at radius 3 is 0.581 bits per heavy atom. The van der Waals surface area contributed by atoms with E-state index >= 15 is 0 Å². The maximum absolute atomic E-state index is 15.0. The normalized spacial score (nSPS) is 17.7. The molecule has 0 saturated carbocycles. The van der Waals surface area contributed by atoms with E-state index in [9.17, 15) is 50.5 Å². The van der Waals surface area contributed by atoms with E-state index in [1.54, 1.807) is 72.8 Å². The maximum Gasteiger partial charge on any atom is 0.243 e. The molecule has 1 aliphatic heterocycles. The van der Waals surface area contributed by atoms with Crippen molar-refractivity contribution in [3.05, 3.63) is 215 Å². The summed E-state index contributed by atoms with van der Waals surface area (Å²) in [5.74, 6) is 0. The van der Waals surface area contributed by atoms with Gasteiger partial charge < -0.3 is 0 Å². The monoisotopic (exact) mass is 1390 g/mol. The standard InChI is InChI=1S/C68H87N7O12S6/c1-56-17-29-63(30-18-56)88(76,77)70-41-10-42-71(89(78,79)64-31-19-57(2)20-32-64)44-12-46-73(91(82,83)66-35-23-59(4)24-36-66)48-14-50-75(93(86,87)68-39-27-61(6)28-40-68)54-52-69(55-62-15-8-7-9-16-62)51-53-74(92(84,85)67-37-25-60(5)26-38-67)49-13-47-72(45-11-43-70)90(80,81)65-33-21-58(3)22-34-65/h7-9,15-40H,10-14,41-55H2,1-6H3. The van der Waals surface area contributed by atoms with Crippen molar-refractivity contribution in [1.29, 1.82) is 0 Å². The molecule has 0 bridgehead atoms. The van der Waals surface area contributed by atoms with E-state index in [0.29, 0.717) is 0 Å². The minimum atomic E-state index is -4.31. The lowest BCUT2D eigenvalue weighted by Crippen LogP contribution is -2.44. The van der Waals surface area contributed by atoms with Gasteiger partial charge in [-0.3, -0.25) is 4.90 Å². The third-order valence-electron chi connectivity index (χ3n) is 16.6. The van der Waals surface area contributed by atoms with Gasteiger partial charge in [0.15, 0.2) is 0 Å². The molecule has 1 aliphatic rings. The summed E-state index contributed by atoms with van der Waals surface area (Å²) < 4.78 is 186. The van der Waals surface area contributed by atoms with E-state index in [1.807, 2.05) is 76.8 Å². The third kappa shape index (κ3) is 19.1. The summed E-state index contributed by atoms with van der Waals surface area (Å²) in [7, 11) is -25.8. The molecule has 502 valence electrons. The molecule has 25 heteroatoms. The molecule has 0 spiro atoms. The Balaban J connectivity index is 1.22. The SMILES string of the molecule is Cc1ccc(S(=O)(=O)N2CCCN(S(=O)(=O)c3ccc(C)cc3)CCCN(S(=O)(=O)c3ccc(C)cc3)CCCN(S(=O)(=O)c3ccc(C)cc3)CCN(Cc3ccccc3)CCN(S(=O)(=O)c3ccc(C)cc3)CCCN(S(=O)(=O)c3ccc(C)cc3)CCC2)cc1. The molecular weight excluding hydrogens is 1300 g/mol. The molecule has 7 aromatic carbocycles. The number of hydrogen-bond donors (Lipinski definition) is 0. The molecule has 0 aromatic heterocycles. The lowest BCUT2D eigenvalue weighted by Gasteiger charge is -2.31. The van der Waals surface area contributed by atoms with E-state index in [4.69, 9.17) is 0 Å². The first-order chi connectivity index (χ1) is 44.1. The highest BCUT2D eigenvalue weighted by Crippen LogP contribution is 2.26. The fourth-order valence-corrected chi connectivity index (χ4v) is 20.0. The smallest absolute Gasteiger partial charge is 0.243 e. The zero-order valence-corrected chi connectivity index (χ0v) is 58.8. The van der Waals surface area contributed by atoms with Gasteiger partial charge in [0.2, 0.25) is 60.1 Å². The maximum atomic E-state index is 15.0. The van der Waals surface area contributed by atoms with E-state index in [2.05, 4.69) is 0 Å². The van der Waals surface area contributed by atoms with Crippen LogP contribution in [0.5, 0.6) is 0 Å². The second-order valence-corrected chi connectivity index (χ2v) is 35.5. The van der Waals surface area contributed by atoms with Crippen LogP contribution < -0.4 is 0 Å². The van der Waals surface area contributed by atoms with E-state index < -0.39 is 60.1 Å². The van der Waals surface area contributed by atoms with Crippen LogP contribution >= 0.6 is 0 Å². The Labute approximate surface area is 553 Å². The van der Waals surface area contributed by atoms with Gasteiger partial charge in [-0.25, -0.2) is 50.5 Å². The van der Waals surface area contributed by atoms with Gasteiger partial charge in [0, 0.05) is 98.2 Å². The predicted molar refractivity (Wildman–Crippen MR) is 364 cm³/mol. The number of rotatable bonds is 14. The van der Waals surface area contributed by atoms with Crippen LogP contribution in [0.15, 0.2) is 205 Å². The molecule has 1 heterocycles. The topological polar surface area (TPSA) is 228 Å². The van der Waals surface area contributed by atoms with Crippen molar-refractivity contribution in [3.8, 4) is 0 Å². The fourth-order valence-electron chi connectivity index (χ4n) is 11.0. The van der Waals surface area contributed by atoms with Crippen molar-refractivity contribution in [2.75, 3.05) is 91.6 Å². The minimum absolute atomic E-state index is 0.00472. The highest BCUT2D eigenvalue weighted by molar-refractivity contribution is 7.90. The van der Waals surface area contributed by atoms with E-state index in [1.165, 1.54) is 98.6 Å². The molecule has 19 nitrogen and oxygen atoms in total. The van der Waals surface area contributed by atoms with Crippen molar-refractivity contribution in [2.45, 2.75) is 110 Å². The van der Waals surface area contributed by atoms with Crippen molar-refractivity contribution in [2.24, 2.45) is 0 Å². The molecule has 0 unspecified atom stereocenters. The van der Waals surface area contributed by atoms with Gasteiger partial charge in [-0.2, -0.15) is 25.8 Å². The van der Waals surface area contributed by atoms with Gasteiger partial charge in [0.1, 0.15) is 0 Å². The molecule has 1 fully saturated rings. The van der Waals surface area contributed by atoms with E-state index in [0.717, 1.165) is 38.9 Å². The molecule has 0 aliphatic carbocycles. The molecule has 93 heavy (non-hydrogen) atoms. The van der Waals surface area contributed by atoms with Crippen molar-refractivity contribution < 1.29 is 50.5 Å². The highest BCUT2D eigenvalue weighted by atomic mass is 32.2. The summed E-state index contributed by atoms with van der Waals surface area (Å²) in [4.78, 5) is 1.93. The summed E-state index contributed by atoms with van der Waals surface area (Å²) >= 11 is 0. The Bertz CT molecular complexity index is 4030. The van der Waals surface area contributed by atoms with Crippen molar-refractivity contribution in [3.63, 3.8) is 0 Å². The zero-order valence-electron chi connectivity index (χ0n) is 53.9. The molecular formula is C68H87N7O12S6. The highest BCUT2D eigenvalue weighted by Gasteiger charge is 2.33. The number of nitrogens with zero attached hydrogens (tertiary/aromatic N) is 7. The Morgan fingerprint density at radius 1 is 0.226 bits per heavy atom. The molecule has 0 atom stereocenters. The Hall–Kier alpha value is -6.04. The van der Waals surface area contributed by atoms with Crippen LogP contribution in [0.1, 0.15) is 71.0 Å². The second-order valence-electron chi connectivity index (χ2n) is 23.8. The molecule has 8 rings (SSSR count). The zero-order chi connectivity index (χ0) is 67.2. The Kier molecular flexibility index (Phi) is 25.1. The van der Waals surface area contributed by atoms with Crippen LogP contribution in [0.4, 0.5) is 0 Å². The van der Waals surface area contributed by atoms with Gasteiger partial charge >= 0.3 is 0 Å². The number of benzene rings is 7. The lowest BCUT2D eigenvalue weighted by molar-refractivity contribution is 0.221. The summed E-state index contributed by atoms with van der Waals surface area (Å²) in [6.07, 6.45) is -0.0749. The largest absolute Gasteiger partial charge is 0.296 e. The van der Waals surface area contributed by atoms with Crippen LogP contribution in [0.2, 0.25) is 0 Å². The van der Waals surface area contributed by atoms with Gasteiger partial charge in [0.25, 0.3) is 0 Å². The first-order valence-electron chi connectivity index (χ1n) is 31.3. The van der Waals surface area contributed by atoms with Gasteiger partial charge in [0.05, 0.1) is 29.4 Å². The summed E-state index contributed by atoms with van der Waals surface area (Å²) in [5.41, 5.74) is 5.78. The quantitative estimate of drug-likeness (QED) is 0.0990. The number of sulfonamides is 6. The number of hydrogen-bond acceptors (Lipinski definition) is 13. The van der Waals surface area contributed by atoms with Crippen LogP contribution in [-0.2, 0) is 66.7 Å². The molecule has 0 radical (unpaired) electrons. The van der Waals surface area contributed by atoms with Crippen LogP contribution in [0.3, 0.4) is 0 Å². The summed E-state index contributed by atoms with van der Waals surface area (Å²) in [5, 5.41) is 0. The van der Waals surface area contributed by atoms with Crippen molar-refractivity contribution >= 4 is 60.1 Å². The second kappa shape index (κ2) is 32.1. The van der Waals surface area contributed by atoms with E-state index in [-0.39, 0.29) is 160 Å². The molecule has 0 amide bonds. The van der Waals surface area contributed by atoms with Crippen LogP contribution in [0, 0.1) is 41.5 Å². The number of aryl methyl sites for hydroxylation is 6. The molecule has 1 saturated heterocycles. The lowest BCUT2D eigenvalue weighted by atomic mass is 10.2. The Morgan fingerprint density at radius 2 is 0.398 bits per heavy atom. The van der Waals surface area contributed by atoms with Crippen LogP contribution in [-0.4, -0.2) is 173 Å². The minimum Gasteiger partial charge on any atom is -0.296 e. The summed E-state index contributed by atoms with van der Waals surface area (Å²) in [6, 6.07) is 47.6. The van der Waals surface area contributed by atoms with Gasteiger partial charge in [-0.15, -0.1) is 0 Å². The molecule has 7 aromatic rings. The van der Waals surface area contributed by atoms with Gasteiger partial charge in [-0.05, 0) is 152 Å². The first-order valence-corrected chi connectivity index (χ1v) is 39.9. The molecule has 0 N–H and O–H groups in total. The third-order valence-corrected chi connectivity index (χ3v) is 28.1. The average molecular weight is 1390 g/mol. The summed E-state index contributed by atoms with van der Waals surface area (Å²) in [6.45, 7) is 9.42. The van der Waals surface area contributed by atoms with Crippen molar-refractivity contribution in [1.82, 2.24) is 30.7 Å². The predicted octanol–water partition coefficient (Wildman–Crippen LogP) is 9.45. The van der Waals surface area contributed by atoms with Gasteiger partial charge in [-0.1, -0.05) is 137 Å². The first kappa shape index (κ1) is 72.8. The van der Waals surface area contributed by atoms with Crippen LogP contribution in [0.25, 0.3) is 0 Å². The fraction of sp³-hybridized carbons (Fsp3) is 0.382.